The lowest BCUT2D eigenvalue weighted by Gasteiger charge is -2.17. The molecule has 19 heavy (non-hydrogen) atoms. The van der Waals surface area contributed by atoms with Gasteiger partial charge in [0.05, 0.1) is 6.10 Å². The Hall–Kier alpha value is -1.58. The molecule has 1 atom stereocenters. The molecule has 0 spiro atoms. The van der Waals surface area contributed by atoms with Crippen molar-refractivity contribution in [2.45, 2.75) is 26.1 Å². The average molecular weight is 269 g/mol. The second-order valence-corrected chi connectivity index (χ2v) is 7.73. The first-order valence-electron chi connectivity index (χ1n) is 6.76. The largest absolute Gasteiger partial charge is 0.410 e. The second-order valence-electron chi connectivity index (χ2n) is 5.36. The number of benzene rings is 1. The van der Waals surface area contributed by atoms with E-state index in [9.17, 15) is 0 Å². The van der Waals surface area contributed by atoms with Crippen molar-refractivity contribution in [3.8, 4) is 5.69 Å². The maximum atomic E-state index is 6.16. The molecule has 0 N–H and O–H groups in total. The Morgan fingerprint density at radius 3 is 2.53 bits per heavy atom. The monoisotopic (exact) mass is 269 g/mol. The zero-order valence-electron chi connectivity index (χ0n) is 11.6. The van der Waals surface area contributed by atoms with Crippen molar-refractivity contribution >= 4 is 15.1 Å². The van der Waals surface area contributed by atoms with Gasteiger partial charge in [0.1, 0.15) is 0 Å². The van der Waals surface area contributed by atoms with Crippen molar-refractivity contribution in [2.75, 3.05) is 0 Å². The molecule has 3 rings (SSSR count). The summed E-state index contributed by atoms with van der Waals surface area (Å²) in [6.45, 7) is 6.60. The molecular formula is C16H19NOSi. The van der Waals surface area contributed by atoms with Crippen LogP contribution in [0.1, 0.15) is 24.2 Å². The average Bonchev–Trinajstić information content (AvgIpc) is 2.90. The molecule has 1 aromatic carbocycles. The van der Waals surface area contributed by atoms with E-state index >= 15 is 0 Å². The molecule has 0 amide bonds. The van der Waals surface area contributed by atoms with Crippen LogP contribution in [-0.2, 0) is 4.43 Å². The van der Waals surface area contributed by atoms with Gasteiger partial charge in [-0.05, 0) is 43.3 Å². The second kappa shape index (κ2) is 4.83. The maximum absolute atomic E-state index is 6.16. The smallest absolute Gasteiger partial charge is 0.172 e. The van der Waals surface area contributed by atoms with Crippen LogP contribution in [0.4, 0.5) is 0 Å². The number of fused-ring (bicyclic) bond motifs is 1. The third kappa shape index (κ3) is 2.31. The maximum Gasteiger partial charge on any atom is 0.172 e. The molecule has 1 unspecified atom stereocenters. The molecule has 0 saturated heterocycles. The Bertz CT molecular complexity index is 613. The lowest BCUT2D eigenvalue weighted by Crippen LogP contribution is -2.13. The Labute approximate surface area is 116 Å². The predicted octanol–water partition coefficient (Wildman–Crippen LogP) is 3.94. The molecule has 1 aromatic heterocycles. The van der Waals surface area contributed by atoms with Gasteiger partial charge in [-0.3, -0.25) is 0 Å². The molecule has 1 aliphatic rings. The van der Waals surface area contributed by atoms with Gasteiger partial charge in [-0.25, -0.2) is 0 Å². The molecule has 2 aromatic rings. The lowest BCUT2D eigenvalue weighted by atomic mass is 10.1. The van der Waals surface area contributed by atoms with Crippen LogP contribution in [0.5, 0.6) is 0 Å². The number of aromatic nitrogens is 1. The summed E-state index contributed by atoms with van der Waals surface area (Å²) in [7, 11) is -1.04. The first-order chi connectivity index (χ1) is 9.15. The SMILES string of the molecule is CC1=Cc2cn(-c3ccccc3)cc2C1O[SiH](C)C. The first-order valence-corrected chi connectivity index (χ1v) is 9.54. The van der Waals surface area contributed by atoms with E-state index in [2.05, 4.69) is 67.3 Å². The summed E-state index contributed by atoms with van der Waals surface area (Å²) in [5, 5.41) is 0. The molecule has 0 bridgehead atoms. The van der Waals surface area contributed by atoms with Crippen LogP contribution in [-0.4, -0.2) is 13.6 Å². The topological polar surface area (TPSA) is 14.2 Å². The molecule has 1 aliphatic carbocycles. The zero-order valence-corrected chi connectivity index (χ0v) is 12.8. The van der Waals surface area contributed by atoms with Gasteiger partial charge in [0.25, 0.3) is 0 Å². The molecule has 0 fully saturated rings. The van der Waals surface area contributed by atoms with E-state index in [-0.39, 0.29) is 6.10 Å². The predicted molar refractivity (Wildman–Crippen MR) is 82.1 cm³/mol. The van der Waals surface area contributed by atoms with Crippen LogP contribution >= 0.6 is 0 Å². The van der Waals surface area contributed by atoms with Gasteiger partial charge in [-0.2, -0.15) is 0 Å². The summed E-state index contributed by atoms with van der Waals surface area (Å²) in [4.78, 5) is 0. The van der Waals surface area contributed by atoms with Crippen molar-refractivity contribution < 1.29 is 4.43 Å². The lowest BCUT2D eigenvalue weighted by molar-refractivity contribution is 0.252. The third-order valence-electron chi connectivity index (χ3n) is 3.43. The van der Waals surface area contributed by atoms with E-state index in [1.807, 2.05) is 6.07 Å². The van der Waals surface area contributed by atoms with Gasteiger partial charge in [0.2, 0.25) is 0 Å². The van der Waals surface area contributed by atoms with Gasteiger partial charge < -0.3 is 8.99 Å². The molecule has 0 aliphatic heterocycles. The number of nitrogens with zero attached hydrogens (tertiary/aromatic N) is 1. The van der Waals surface area contributed by atoms with Crippen LogP contribution in [0.2, 0.25) is 13.1 Å². The molecule has 3 heteroatoms. The standard InChI is InChI=1S/C16H19NOSi/c1-12-9-13-10-17(14-7-5-4-6-8-14)11-15(13)16(12)18-19(2)3/h4-11,16,19H,1-3H3. The van der Waals surface area contributed by atoms with Crippen molar-refractivity contribution in [1.29, 1.82) is 0 Å². The van der Waals surface area contributed by atoms with E-state index in [1.165, 1.54) is 22.4 Å². The molecule has 1 heterocycles. The summed E-state index contributed by atoms with van der Waals surface area (Å²) in [5.41, 5.74) is 5.12. The van der Waals surface area contributed by atoms with Crippen molar-refractivity contribution in [2.24, 2.45) is 0 Å². The van der Waals surface area contributed by atoms with Crippen molar-refractivity contribution in [1.82, 2.24) is 4.57 Å². The van der Waals surface area contributed by atoms with Crippen LogP contribution in [0, 0.1) is 0 Å². The van der Waals surface area contributed by atoms with Gasteiger partial charge in [-0.15, -0.1) is 0 Å². The molecule has 2 nitrogen and oxygen atoms in total. The fourth-order valence-corrected chi connectivity index (χ4v) is 3.50. The number of hydrogen-bond acceptors (Lipinski definition) is 1. The number of rotatable bonds is 3. The van der Waals surface area contributed by atoms with Gasteiger partial charge in [-0.1, -0.05) is 24.3 Å². The number of hydrogen-bond donors (Lipinski definition) is 0. The Kier molecular flexibility index (Phi) is 3.17. The fraction of sp³-hybridized carbons (Fsp3) is 0.250. The van der Waals surface area contributed by atoms with Gasteiger partial charge >= 0.3 is 0 Å². The normalized spacial score (nSPS) is 17.7. The van der Waals surface area contributed by atoms with E-state index in [0.717, 1.165) is 0 Å². The Balaban J connectivity index is 1.97. The van der Waals surface area contributed by atoms with Crippen molar-refractivity contribution in [3.63, 3.8) is 0 Å². The molecule has 0 saturated carbocycles. The Morgan fingerprint density at radius 1 is 1.11 bits per heavy atom. The third-order valence-corrected chi connectivity index (χ3v) is 4.25. The fourth-order valence-electron chi connectivity index (χ4n) is 2.59. The summed E-state index contributed by atoms with van der Waals surface area (Å²) in [6.07, 6.45) is 6.82. The van der Waals surface area contributed by atoms with E-state index in [1.54, 1.807) is 0 Å². The quantitative estimate of drug-likeness (QED) is 0.770. The van der Waals surface area contributed by atoms with Gasteiger partial charge in [0, 0.05) is 23.6 Å². The number of para-hydroxylation sites is 1. The van der Waals surface area contributed by atoms with E-state index < -0.39 is 9.04 Å². The van der Waals surface area contributed by atoms with Gasteiger partial charge in [0.15, 0.2) is 9.04 Å². The first kappa shape index (κ1) is 12.5. The summed E-state index contributed by atoms with van der Waals surface area (Å²) >= 11 is 0. The highest BCUT2D eigenvalue weighted by Gasteiger charge is 2.25. The highest BCUT2D eigenvalue weighted by Crippen LogP contribution is 2.38. The van der Waals surface area contributed by atoms with Crippen LogP contribution in [0.15, 0.2) is 48.3 Å². The Morgan fingerprint density at radius 2 is 1.84 bits per heavy atom. The van der Waals surface area contributed by atoms with Crippen LogP contribution in [0.25, 0.3) is 11.8 Å². The minimum Gasteiger partial charge on any atom is -0.410 e. The highest BCUT2D eigenvalue weighted by molar-refractivity contribution is 6.48. The summed E-state index contributed by atoms with van der Waals surface area (Å²) in [5.74, 6) is 0. The van der Waals surface area contributed by atoms with Crippen molar-refractivity contribution in [3.05, 3.63) is 59.4 Å². The minimum absolute atomic E-state index is 0.173. The minimum atomic E-state index is -1.04. The summed E-state index contributed by atoms with van der Waals surface area (Å²) in [6, 6.07) is 10.4. The molecule has 0 radical (unpaired) electrons. The van der Waals surface area contributed by atoms with E-state index in [0.29, 0.717) is 0 Å². The zero-order chi connectivity index (χ0) is 13.4. The summed E-state index contributed by atoms with van der Waals surface area (Å²) < 4.78 is 8.34. The van der Waals surface area contributed by atoms with Crippen LogP contribution < -0.4 is 0 Å². The molecule has 98 valence electrons. The molecular weight excluding hydrogens is 250 g/mol. The van der Waals surface area contributed by atoms with Crippen LogP contribution in [0.3, 0.4) is 0 Å². The highest BCUT2D eigenvalue weighted by atomic mass is 28.3. The van der Waals surface area contributed by atoms with E-state index in [4.69, 9.17) is 4.43 Å².